The minimum Gasteiger partial charge on any atom is -0.478 e. The zero-order valence-corrected chi connectivity index (χ0v) is 37.9. The second-order valence-corrected chi connectivity index (χ2v) is 21.4. The second kappa shape index (κ2) is 20.6. The van der Waals surface area contributed by atoms with Crippen molar-refractivity contribution in [1.29, 1.82) is 0 Å². The van der Waals surface area contributed by atoms with E-state index in [2.05, 4.69) is 55.6 Å². The summed E-state index contributed by atoms with van der Waals surface area (Å²) in [6, 6.07) is 6.26. The number of halogens is 3. The summed E-state index contributed by atoms with van der Waals surface area (Å²) in [6.45, 7) is 5.01. The van der Waals surface area contributed by atoms with Crippen LogP contribution in [-0.4, -0.2) is 104 Å². The van der Waals surface area contributed by atoms with Crippen molar-refractivity contribution in [1.82, 2.24) is 29.9 Å². The molecule has 0 bridgehead atoms. The second-order valence-electron chi connectivity index (χ2n) is 15.7. The number of hydrogen-bond donors (Lipinski definition) is 1. The van der Waals surface area contributed by atoms with Crippen LogP contribution in [0.3, 0.4) is 0 Å². The van der Waals surface area contributed by atoms with Crippen LogP contribution in [0.4, 0.5) is 11.9 Å². The topological polar surface area (TPSA) is 182 Å². The summed E-state index contributed by atoms with van der Waals surface area (Å²) in [5, 5.41) is 10.1. The van der Waals surface area contributed by atoms with Gasteiger partial charge in [-0.15, -0.1) is 0 Å². The lowest BCUT2D eigenvalue weighted by atomic mass is 9.90. The number of hydrogen-bond acceptors (Lipinski definition) is 14. The van der Waals surface area contributed by atoms with Crippen molar-refractivity contribution in [3.63, 3.8) is 0 Å². The van der Waals surface area contributed by atoms with E-state index in [-0.39, 0.29) is 9.79 Å². The number of aromatic nitrogens is 6. The maximum atomic E-state index is 11.5. The standard InChI is InChI=1S/C20H25ClN4O3S.C14H20ClN3O.C6H6BrNO2S/c1-29(26,27)17-2-3-19(22-13-17)28-9-6-15-10-18(15)14-4-7-25(8-5-14)20-23-11-16(21)12-24-20;15-12-8-16-14(17-9-12)18-4-1-10(2-5-18)13-7-11(13)3-6-19;1-11(9,10)5-2-3-6(7)8-4-5/h2-3,11-15,18H,4-10H2,1H3;8-11,13,19H,1-7H2;2-4H,1H3. The molecule has 4 aliphatic rings. The zero-order valence-electron chi connectivity index (χ0n) is 33.2. The molecule has 14 nitrogen and oxygen atoms in total. The minimum atomic E-state index is -3.22. The van der Waals surface area contributed by atoms with E-state index in [1.807, 2.05) is 0 Å². The van der Waals surface area contributed by atoms with E-state index in [0.717, 1.165) is 86.8 Å². The molecule has 4 aromatic heterocycles. The van der Waals surface area contributed by atoms with Gasteiger partial charge in [0.1, 0.15) is 4.60 Å². The monoisotopic (exact) mass is 952 g/mol. The molecule has 6 heterocycles. The van der Waals surface area contributed by atoms with Crippen LogP contribution in [0.2, 0.25) is 10.0 Å². The highest BCUT2D eigenvalue weighted by Gasteiger charge is 2.44. The smallest absolute Gasteiger partial charge is 0.225 e. The molecule has 0 spiro atoms. The number of anilines is 2. The van der Waals surface area contributed by atoms with Gasteiger partial charge in [0.15, 0.2) is 19.7 Å². The van der Waals surface area contributed by atoms with Gasteiger partial charge in [0.2, 0.25) is 17.8 Å². The highest BCUT2D eigenvalue weighted by atomic mass is 79.9. The van der Waals surface area contributed by atoms with Crippen molar-refractivity contribution in [3.8, 4) is 5.88 Å². The summed E-state index contributed by atoms with van der Waals surface area (Å²) in [7, 11) is -6.33. The number of pyridine rings is 2. The third kappa shape index (κ3) is 13.6. The number of nitrogens with zero attached hydrogens (tertiary/aromatic N) is 8. The predicted octanol–water partition coefficient (Wildman–Crippen LogP) is 6.86. The molecule has 4 aromatic rings. The molecular formula is C40H51BrCl2N8O6S2. The van der Waals surface area contributed by atoms with E-state index >= 15 is 0 Å². The van der Waals surface area contributed by atoms with Gasteiger partial charge in [0.25, 0.3) is 0 Å². The highest BCUT2D eigenvalue weighted by Crippen LogP contribution is 2.50. The Labute approximate surface area is 365 Å². The molecule has 1 N–H and O–H groups in total. The van der Waals surface area contributed by atoms with Crippen molar-refractivity contribution in [2.75, 3.05) is 61.7 Å². The first-order valence-electron chi connectivity index (χ1n) is 19.8. The molecule has 19 heteroatoms. The van der Waals surface area contributed by atoms with Gasteiger partial charge in [0.05, 0.1) is 51.2 Å². The molecule has 4 atom stereocenters. The lowest BCUT2D eigenvalue weighted by molar-refractivity contribution is 0.266. The van der Waals surface area contributed by atoms with Gasteiger partial charge < -0.3 is 19.6 Å². The molecule has 59 heavy (non-hydrogen) atoms. The maximum Gasteiger partial charge on any atom is 0.225 e. The molecular weight excluding hydrogens is 903 g/mol. The van der Waals surface area contributed by atoms with E-state index in [1.165, 1.54) is 69.3 Å². The van der Waals surface area contributed by atoms with Crippen LogP contribution in [0.5, 0.6) is 5.88 Å². The van der Waals surface area contributed by atoms with E-state index < -0.39 is 19.7 Å². The Hall–Kier alpha value is -3.22. The van der Waals surface area contributed by atoms with E-state index in [1.54, 1.807) is 36.9 Å². The summed E-state index contributed by atoms with van der Waals surface area (Å²) < 4.78 is 51.0. The molecule has 4 unspecified atom stereocenters. The highest BCUT2D eigenvalue weighted by molar-refractivity contribution is 9.10. The molecule has 0 radical (unpaired) electrons. The first-order valence-corrected chi connectivity index (χ1v) is 25.2. The first-order chi connectivity index (χ1) is 28.2. The molecule has 0 amide bonds. The van der Waals surface area contributed by atoms with E-state index in [9.17, 15) is 16.8 Å². The average Bonchev–Trinajstić information content (AvgIpc) is 4.16. The van der Waals surface area contributed by atoms with Crippen molar-refractivity contribution in [3.05, 3.63) is 76.1 Å². The Balaban J connectivity index is 0.000000166. The fourth-order valence-electron chi connectivity index (χ4n) is 8.09. The Kier molecular flexibility index (Phi) is 15.8. The third-order valence-electron chi connectivity index (χ3n) is 11.5. The minimum absolute atomic E-state index is 0.211. The van der Waals surface area contributed by atoms with Crippen LogP contribution in [0.25, 0.3) is 0 Å². The van der Waals surface area contributed by atoms with Gasteiger partial charge in [-0.3, -0.25) is 0 Å². The summed E-state index contributed by atoms with van der Waals surface area (Å²) in [5.41, 5.74) is 0. The largest absolute Gasteiger partial charge is 0.478 e. The Morgan fingerprint density at radius 1 is 0.661 bits per heavy atom. The van der Waals surface area contributed by atoms with Gasteiger partial charge in [-0.25, -0.2) is 46.7 Å². The van der Waals surface area contributed by atoms with Crippen LogP contribution in [0.1, 0.15) is 51.4 Å². The Morgan fingerprint density at radius 2 is 1.10 bits per heavy atom. The lowest BCUT2D eigenvalue weighted by Gasteiger charge is -2.32. The average molecular weight is 955 g/mol. The fraction of sp³-hybridized carbons (Fsp3) is 0.550. The number of rotatable bonds is 12. The van der Waals surface area contributed by atoms with E-state index in [4.69, 9.17) is 33.0 Å². The first kappa shape index (κ1) is 45.3. The van der Waals surface area contributed by atoms with Gasteiger partial charge in [-0.05, 0) is 121 Å². The fourth-order valence-corrected chi connectivity index (χ4v) is 9.64. The molecule has 2 saturated heterocycles. The third-order valence-corrected chi connectivity index (χ3v) is 14.6. The summed E-state index contributed by atoms with van der Waals surface area (Å²) in [5.74, 6) is 6.78. The van der Waals surface area contributed by atoms with Crippen LogP contribution in [-0.2, 0) is 19.7 Å². The number of aliphatic hydroxyl groups excluding tert-OH is 1. The van der Waals surface area contributed by atoms with Crippen LogP contribution >= 0.6 is 39.1 Å². The molecule has 4 fully saturated rings. The van der Waals surface area contributed by atoms with Crippen LogP contribution < -0.4 is 14.5 Å². The normalized spacial score (nSPS) is 22.1. The predicted molar refractivity (Wildman–Crippen MR) is 231 cm³/mol. The number of sulfone groups is 2. The van der Waals surface area contributed by atoms with Crippen molar-refractivity contribution in [2.45, 2.75) is 61.2 Å². The van der Waals surface area contributed by atoms with Gasteiger partial charge >= 0.3 is 0 Å². The molecule has 0 aromatic carbocycles. The number of piperidine rings is 2. The van der Waals surface area contributed by atoms with Crippen LogP contribution in [0.15, 0.2) is 75.8 Å². The Bertz CT molecular complexity index is 2160. The molecule has 2 saturated carbocycles. The summed E-state index contributed by atoms with van der Waals surface area (Å²) in [6.07, 6.45) is 21.0. The molecule has 2 aliphatic heterocycles. The van der Waals surface area contributed by atoms with Crippen molar-refractivity contribution >= 4 is 70.7 Å². The zero-order chi connectivity index (χ0) is 42.2. The van der Waals surface area contributed by atoms with Crippen molar-refractivity contribution in [2.24, 2.45) is 35.5 Å². The van der Waals surface area contributed by atoms with Gasteiger partial charge in [-0.2, -0.15) is 0 Å². The van der Waals surface area contributed by atoms with Crippen molar-refractivity contribution < 1.29 is 26.7 Å². The SMILES string of the molecule is CS(=O)(=O)c1ccc(Br)nc1.CS(=O)(=O)c1ccc(OCCC2CC2C2CCN(c3ncc(Cl)cn3)CC2)nc1.OCCC1CC1C1CCN(c2ncc(Cl)cn2)CC1. The Morgan fingerprint density at radius 3 is 1.49 bits per heavy atom. The van der Waals surface area contributed by atoms with Crippen LogP contribution in [0, 0.1) is 35.5 Å². The summed E-state index contributed by atoms with van der Waals surface area (Å²) >= 11 is 14.8. The maximum absolute atomic E-state index is 11.5. The molecule has 2 aliphatic carbocycles. The number of aliphatic hydroxyl groups is 1. The quantitative estimate of drug-likeness (QED) is 0.145. The van der Waals surface area contributed by atoms with Gasteiger partial charge in [-0.1, -0.05) is 23.2 Å². The molecule has 8 rings (SSSR count). The lowest BCUT2D eigenvalue weighted by Crippen LogP contribution is -2.35. The summed E-state index contributed by atoms with van der Waals surface area (Å²) in [4.78, 5) is 30.0. The van der Waals surface area contributed by atoms with E-state index in [0.29, 0.717) is 39.7 Å². The van der Waals surface area contributed by atoms with Gasteiger partial charge in [0, 0.05) is 63.8 Å². The molecule has 320 valence electrons. The number of ether oxygens (including phenoxy) is 1.